The maximum Gasteiger partial charge on any atom is 0.141 e. The number of benzene rings is 2. The Kier molecular flexibility index (Phi) is 4.31. The van der Waals surface area contributed by atoms with Gasteiger partial charge in [0.05, 0.1) is 17.9 Å². The molecule has 1 unspecified atom stereocenters. The number of aryl methyl sites for hydroxylation is 3. The van der Waals surface area contributed by atoms with E-state index in [9.17, 15) is 0 Å². The highest BCUT2D eigenvalue weighted by Gasteiger charge is 2.19. The molecular formula is C25H24N4O. The van der Waals surface area contributed by atoms with Crippen LogP contribution in [0, 0.1) is 13.8 Å². The molecule has 1 atom stereocenters. The number of aromatic nitrogens is 4. The van der Waals surface area contributed by atoms with E-state index in [1.165, 1.54) is 22.0 Å². The molecule has 0 saturated heterocycles. The van der Waals surface area contributed by atoms with Gasteiger partial charge in [-0.1, -0.05) is 47.6 Å². The second kappa shape index (κ2) is 7.02. The molecule has 0 spiro atoms. The molecule has 0 aliphatic carbocycles. The van der Waals surface area contributed by atoms with E-state index in [4.69, 9.17) is 4.52 Å². The van der Waals surface area contributed by atoms with E-state index < -0.39 is 0 Å². The third-order valence-electron chi connectivity index (χ3n) is 5.87. The Bertz CT molecular complexity index is 1320. The van der Waals surface area contributed by atoms with Crippen LogP contribution in [-0.4, -0.2) is 19.5 Å². The van der Waals surface area contributed by atoms with Gasteiger partial charge in [-0.25, -0.2) is 0 Å². The quantitative estimate of drug-likeness (QED) is 0.379. The average molecular weight is 396 g/mol. The normalized spacial score (nSPS) is 12.5. The van der Waals surface area contributed by atoms with Crippen molar-refractivity contribution < 1.29 is 4.52 Å². The zero-order valence-corrected chi connectivity index (χ0v) is 17.6. The molecule has 5 nitrogen and oxygen atoms in total. The molecule has 5 rings (SSSR count). The maximum absolute atomic E-state index is 5.42. The second-order valence-electron chi connectivity index (χ2n) is 7.87. The number of fused-ring (bicyclic) bond motifs is 1. The lowest BCUT2D eigenvalue weighted by Crippen LogP contribution is -2.05. The van der Waals surface area contributed by atoms with Crippen LogP contribution in [0.3, 0.4) is 0 Å². The van der Waals surface area contributed by atoms with Gasteiger partial charge in [0, 0.05) is 47.0 Å². The van der Waals surface area contributed by atoms with Crippen LogP contribution in [0.2, 0.25) is 0 Å². The van der Waals surface area contributed by atoms with E-state index in [1.807, 2.05) is 31.8 Å². The van der Waals surface area contributed by atoms with Crippen LogP contribution in [0.15, 0.2) is 71.6 Å². The third kappa shape index (κ3) is 2.94. The zero-order valence-electron chi connectivity index (χ0n) is 17.6. The predicted molar refractivity (Wildman–Crippen MR) is 119 cm³/mol. The standard InChI is InChI=1S/C25H24N4O/c1-16-25(18(3)30-27-16)20-10-11-22-23(21-13-26-28(4)14-21)15-29(24(22)12-20)17(2)19-8-6-5-7-9-19/h5-15,17H,1-4H3. The number of hydrogen-bond donors (Lipinski definition) is 0. The van der Waals surface area contributed by atoms with Crippen LogP contribution in [0.1, 0.15) is 30.0 Å². The van der Waals surface area contributed by atoms with Crippen LogP contribution in [-0.2, 0) is 7.05 Å². The van der Waals surface area contributed by atoms with Crippen molar-refractivity contribution in [3.63, 3.8) is 0 Å². The van der Waals surface area contributed by atoms with Crippen molar-refractivity contribution >= 4 is 10.9 Å². The van der Waals surface area contributed by atoms with Crippen molar-refractivity contribution in [2.24, 2.45) is 7.05 Å². The molecule has 0 saturated carbocycles. The minimum absolute atomic E-state index is 0.194. The topological polar surface area (TPSA) is 48.8 Å². The fourth-order valence-electron chi connectivity index (χ4n) is 4.30. The average Bonchev–Trinajstić information content (AvgIpc) is 3.44. The molecule has 150 valence electrons. The largest absolute Gasteiger partial charge is 0.361 e. The highest BCUT2D eigenvalue weighted by atomic mass is 16.5. The van der Waals surface area contributed by atoms with Crippen molar-refractivity contribution in [3.05, 3.63) is 84.1 Å². The van der Waals surface area contributed by atoms with Crippen molar-refractivity contribution in [1.82, 2.24) is 19.5 Å². The van der Waals surface area contributed by atoms with Crippen LogP contribution >= 0.6 is 0 Å². The van der Waals surface area contributed by atoms with Crippen LogP contribution < -0.4 is 0 Å². The Morgan fingerprint density at radius 3 is 2.43 bits per heavy atom. The van der Waals surface area contributed by atoms with E-state index in [1.54, 1.807) is 0 Å². The van der Waals surface area contributed by atoms with Crippen molar-refractivity contribution in [2.75, 3.05) is 0 Å². The van der Waals surface area contributed by atoms with Gasteiger partial charge in [-0.2, -0.15) is 5.10 Å². The van der Waals surface area contributed by atoms with Gasteiger partial charge in [0.1, 0.15) is 5.76 Å². The van der Waals surface area contributed by atoms with Crippen molar-refractivity contribution in [2.45, 2.75) is 26.8 Å². The first-order valence-electron chi connectivity index (χ1n) is 10.1. The van der Waals surface area contributed by atoms with Crippen molar-refractivity contribution in [3.8, 4) is 22.3 Å². The zero-order chi connectivity index (χ0) is 20.8. The Hall–Kier alpha value is -3.60. The Labute approximate surface area is 175 Å². The molecule has 2 aromatic carbocycles. The molecule has 3 aromatic heterocycles. The van der Waals surface area contributed by atoms with Gasteiger partial charge in [0.2, 0.25) is 0 Å². The van der Waals surface area contributed by atoms with Gasteiger partial charge in [0.25, 0.3) is 0 Å². The third-order valence-corrected chi connectivity index (χ3v) is 5.87. The molecule has 3 heterocycles. The Balaban J connectivity index is 1.75. The summed E-state index contributed by atoms with van der Waals surface area (Å²) in [5, 5.41) is 9.73. The first-order valence-corrected chi connectivity index (χ1v) is 10.1. The summed E-state index contributed by atoms with van der Waals surface area (Å²) >= 11 is 0. The van der Waals surface area contributed by atoms with E-state index in [-0.39, 0.29) is 6.04 Å². The van der Waals surface area contributed by atoms with Gasteiger partial charge < -0.3 is 9.09 Å². The summed E-state index contributed by atoms with van der Waals surface area (Å²) in [6.07, 6.45) is 6.24. The summed E-state index contributed by atoms with van der Waals surface area (Å²) in [4.78, 5) is 0. The lowest BCUT2D eigenvalue weighted by atomic mass is 10.0. The highest BCUT2D eigenvalue weighted by Crippen LogP contribution is 2.37. The fraction of sp³-hybridized carbons (Fsp3) is 0.200. The molecule has 0 aliphatic rings. The van der Waals surface area contributed by atoms with E-state index >= 15 is 0 Å². The van der Waals surface area contributed by atoms with Gasteiger partial charge in [-0.15, -0.1) is 0 Å². The van der Waals surface area contributed by atoms with Crippen molar-refractivity contribution in [1.29, 1.82) is 0 Å². The monoisotopic (exact) mass is 396 g/mol. The van der Waals surface area contributed by atoms with Gasteiger partial charge in [-0.3, -0.25) is 4.68 Å². The molecule has 5 aromatic rings. The Morgan fingerprint density at radius 1 is 0.967 bits per heavy atom. The molecule has 0 fully saturated rings. The highest BCUT2D eigenvalue weighted by molar-refractivity contribution is 5.98. The molecular weight excluding hydrogens is 372 g/mol. The first-order chi connectivity index (χ1) is 14.5. The Morgan fingerprint density at radius 2 is 1.77 bits per heavy atom. The predicted octanol–water partition coefficient (Wildman–Crippen LogP) is 5.92. The summed E-state index contributed by atoms with van der Waals surface area (Å²) in [5.41, 5.74) is 7.86. The van der Waals surface area contributed by atoms with E-state index in [0.29, 0.717) is 0 Å². The summed E-state index contributed by atoms with van der Waals surface area (Å²) in [5.74, 6) is 0.841. The number of nitrogens with zero attached hydrogens (tertiary/aromatic N) is 4. The van der Waals surface area contributed by atoms with Gasteiger partial charge >= 0.3 is 0 Å². The summed E-state index contributed by atoms with van der Waals surface area (Å²) in [6.45, 7) is 6.19. The summed E-state index contributed by atoms with van der Waals surface area (Å²) in [7, 11) is 1.95. The first kappa shape index (κ1) is 18.4. The minimum Gasteiger partial charge on any atom is -0.361 e. The number of rotatable bonds is 4. The lowest BCUT2D eigenvalue weighted by molar-refractivity contribution is 0.393. The SMILES string of the molecule is Cc1noc(C)c1-c1ccc2c(-c3cnn(C)c3)cn(C(C)c3ccccc3)c2c1. The lowest BCUT2D eigenvalue weighted by Gasteiger charge is -2.16. The van der Waals surface area contributed by atoms with Crippen LogP contribution in [0.5, 0.6) is 0 Å². The van der Waals surface area contributed by atoms with Crippen LogP contribution in [0.25, 0.3) is 33.2 Å². The van der Waals surface area contributed by atoms with Crippen LogP contribution in [0.4, 0.5) is 0 Å². The molecule has 0 amide bonds. The van der Waals surface area contributed by atoms with E-state index in [2.05, 4.69) is 82.7 Å². The molecule has 0 bridgehead atoms. The second-order valence-corrected chi connectivity index (χ2v) is 7.87. The molecule has 0 N–H and O–H groups in total. The maximum atomic E-state index is 5.42. The summed E-state index contributed by atoms with van der Waals surface area (Å²) < 4.78 is 9.62. The fourth-order valence-corrected chi connectivity index (χ4v) is 4.30. The smallest absolute Gasteiger partial charge is 0.141 e. The summed E-state index contributed by atoms with van der Waals surface area (Å²) in [6, 6.07) is 17.4. The van der Waals surface area contributed by atoms with Gasteiger partial charge in [-0.05, 0) is 38.0 Å². The molecule has 5 heteroatoms. The van der Waals surface area contributed by atoms with Gasteiger partial charge in [0.15, 0.2) is 0 Å². The number of hydrogen-bond acceptors (Lipinski definition) is 3. The van der Waals surface area contributed by atoms with E-state index in [0.717, 1.165) is 28.1 Å². The molecule has 0 aliphatic heterocycles. The minimum atomic E-state index is 0.194. The molecule has 0 radical (unpaired) electrons. The molecule has 30 heavy (non-hydrogen) atoms.